The third-order valence-corrected chi connectivity index (χ3v) is 3.75. The van der Waals surface area contributed by atoms with Crippen molar-refractivity contribution < 1.29 is 9.09 Å². The van der Waals surface area contributed by atoms with E-state index in [0.717, 1.165) is 5.56 Å². The zero-order chi connectivity index (χ0) is 9.73. The van der Waals surface area contributed by atoms with Crippen molar-refractivity contribution in [1.82, 2.24) is 0 Å². The van der Waals surface area contributed by atoms with Crippen LogP contribution >= 0.6 is 7.37 Å². The quantitative estimate of drug-likeness (QED) is 0.695. The maximum atomic E-state index is 11.5. The van der Waals surface area contributed by atoms with Crippen molar-refractivity contribution in [2.24, 2.45) is 0 Å². The maximum Gasteiger partial charge on any atom is 0.200 e. The van der Waals surface area contributed by atoms with E-state index in [9.17, 15) is 4.57 Å². The lowest BCUT2D eigenvalue weighted by atomic mass is 10.2. The normalized spacial score (nSPS) is 15.2. The topological polar surface area (TPSA) is 26.3 Å². The average molecular weight is 198 g/mol. The van der Waals surface area contributed by atoms with Gasteiger partial charge in [-0.2, -0.15) is 0 Å². The first kappa shape index (κ1) is 10.5. The summed E-state index contributed by atoms with van der Waals surface area (Å²) in [6.45, 7) is 4.00. The minimum Gasteiger partial charge on any atom is -0.324 e. The van der Waals surface area contributed by atoms with E-state index < -0.39 is 7.37 Å². The van der Waals surface area contributed by atoms with Gasteiger partial charge in [-0.25, -0.2) is 0 Å². The lowest BCUT2D eigenvalue weighted by Gasteiger charge is -2.10. The average Bonchev–Trinajstić information content (AvgIpc) is 2.17. The smallest absolute Gasteiger partial charge is 0.200 e. The van der Waals surface area contributed by atoms with E-state index in [1.807, 2.05) is 37.3 Å². The van der Waals surface area contributed by atoms with Gasteiger partial charge in [-0.1, -0.05) is 37.3 Å². The molecule has 0 N–H and O–H groups in total. The molecule has 13 heavy (non-hydrogen) atoms. The van der Waals surface area contributed by atoms with Crippen molar-refractivity contribution >= 4 is 7.37 Å². The van der Waals surface area contributed by atoms with Gasteiger partial charge >= 0.3 is 0 Å². The van der Waals surface area contributed by atoms with Gasteiger partial charge in [0.2, 0.25) is 0 Å². The zero-order valence-electron chi connectivity index (χ0n) is 8.06. The fourth-order valence-corrected chi connectivity index (χ4v) is 1.48. The highest BCUT2D eigenvalue weighted by Gasteiger charge is 2.11. The van der Waals surface area contributed by atoms with Crippen LogP contribution in [0.3, 0.4) is 0 Å². The Morgan fingerprint density at radius 3 is 2.46 bits per heavy atom. The number of hydrogen-bond acceptors (Lipinski definition) is 2. The Hall–Kier alpha value is -0.590. The molecule has 0 aromatic heterocycles. The van der Waals surface area contributed by atoms with Crippen molar-refractivity contribution in [1.29, 1.82) is 0 Å². The van der Waals surface area contributed by atoms with Gasteiger partial charge in [0, 0.05) is 12.8 Å². The molecule has 0 aliphatic rings. The molecule has 0 bridgehead atoms. The van der Waals surface area contributed by atoms with Gasteiger partial charge in [-0.15, -0.1) is 0 Å². The molecule has 2 nitrogen and oxygen atoms in total. The summed E-state index contributed by atoms with van der Waals surface area (Å²) in [6, 6.07) is 9.79. The van der Waals surface area contributed by atoms with E-state index in [-0.39, 0.29) is 0 Å². The van der Waals surface area contributed by atoms with Crippen LogP contribution in [0.25, 0.3) is 0 Å². The molecule has 0 amide bonds. The summed E-state index contributed by atoms with van der Waals surface area (Å²) in [5.41, 5.74) is 1.07. The van der Waals surface area contributed by atoms with Crippen molar-refractivity contribution in [3.63, 3.8) is 0 Å². The summed E-state index contributed by atoms with van der Waals surface area (Å²) in [5.74, 6) is 0. The summed E-state index contributed by atoms with van der Waals surface area (Å²) in [6.07, 6.45) is 0.597. The predicted molar refractivity (Wildman–Crippen MR) is 55.3 cm³/mol. The minimum atomic E-state index is -2.34. The number of hydrogen-bond donors (Lipinski definition) is 0. The van der Waals surface area contributed by atoms with Gasteiger partial charge in [0.1, 0.15) is 0 Å². The molecule has 0 aliphatic heterocycles. The van der Waals surface area contributed by atoms with Crippen LogP contribution in [0.15, 0.2) is 30.3 Å². The van der Waals surface area contributed by atoms with Crippen LogP contribution in [0.2, 0.25) is 0 Å². The molecule has 0 saturated carbocycles. The van der Waals surface area contributed by atoms with Crippen LogP contribution in [0.1, 0.15) is 12.5 Å². The number of rotatable bonds is 4. The first-order valence-electron chi connectivity index (χ1n) is 4.39. The van der Waals surface area contributed by atoms with E-state index in [1.54, 1.807) is 6.66 Å². The zero-order valence-corrected chi connectivity index (χ0v) is 8.96. The molecule has 0 radical (unpaired) electrons. The van der Waals surface area contributed by atoms with E-state index >= 15 is 0 Å². The highest BCUT2D eigenvalue weighted by atomic mass is 31.2. The fraction of sp³-hybridized carbons (Fsp3) is 0.400. The van der Waals surface area contributed by atoms with Gasteiger partial charge in [0.15, 0.2) is 7.37 Å². The van der Waals surface area contributed by atoms with Crippen LogP contribution < -0.4 is 0 Å². The summed E-state index contributed by atoms with van der Waals surface area (Å²) in [4.78, 5) is 0. The van der Waals surface area contributed by atoms with Crippen LogP contribution in [-0.4, -0.2) is 12.8 Å². The monoisotopic (exact) mass is 198 g/mol. The Labute approximate surface area is 79.4 Å². The van der Waals surface area contributed by atoms with E-state index in [1.165, 1.54) is 0 Å². The molecule has 1 atom stereocenters. The molecule has 3 heteroatoms. The molecule has 1 rings (SSSR count). The Kier molecular flexibility index (Phi) is 3.71. The highest BCUT2D eigenvalue weighted by molar-refractivity contribution is 7.58. The Bertz CT molecular complexity index is 295. The Morgan fingerprint density at radius 1 is 1.31 bits per heavy atom. The molecule has 0 fully saturated rings. The van der Waals surface area contributed by atoms with Gasteiger partial charge in [-0.3, -0.25) is 4.57 Å². The lowest BCUT2D eigenvalue weighted by Crippen LogP contribution is -1.92. The van der Waals surface area contributed by atoms with Crippen LogP contribution in [0.5, 0.6) is 0 Å². The van der Waals surface area contributed by atoms with Crippen LogP contribution in [-0.2, 0) is 15.7 Å². The summed E-state index contributed by atoms with van der Waals surface area (Å²) >= 11 is 0. The highest BCUT2D eigenvalue weighted by Crippen LogP contribution is 2.42. The summed E-state index contributed by atoms with van der Waals surface area (Å²) < 4.78 is 16.9. The molecule has 72 valence electrons. The molecular weight excluding hydrogens is 183 g/mol. The first-order chi connectivity index (χ1) is 6.14. The second-order valence-corrected chi connectivity index (χ2v) is 6.01. The molecule has 0 aliphatic carbocycles. The van der Waals surface area contributed by atoms with Crippen molar-refractivity contribution in [2.75, 3.05) is 12.8 Å². The van der Waals surface area contributed by atoms with E-state index in [4.69, 9.17) is 4.52 Å². The molecule has 0 saturated heterocycles. The predicted octanol–water partition coefficient (Wildman–Crippen LogP) is 3.13. The summed E-state index contributed by atoms with van der Waals surface area (Å²) in [5, 5.41) is 0. The first-order valence-corrected chi connectivity index (χ1v) is 6.65. The van der Waals surface area contributed by atoms with Gasteiger partial charge < -0.3 is 4.52 Å². The second kappa shape index (κ2) is 4.59. The molecule has 0 spiro atoms. The Balaban J connectivity index is 2.49. The van der Waals surface area contributed by atoms with Gasteiger partial charge in [0.05, 0.1) is 6.61 Å². The number of benzene rings is 1. The molecular formula is C10H15O2P. The molecule has 0 heterocycles. The lowest BCUT2D eigenvalue weighted by molar-refractivity contribution is 0.307. The SMILES string of the molecule is CCP(C)(=O)OCc1ccccc1. The van der Waals surface area contributed by atoms with Gasteiger partial charge in [0.25, 0.3) is 0 Å². The van der Waals surface area contributed by atoms with Crippen molar-refractivity contribution in [3.05, 3.63) is 35.9 Å². The molecule has 1 unspecified atom stereocenters. The van der Waals surface area contributed by atoms with Gasteiger partial charge in [-0.05, 0) is 5.56 Å². The van der Waals surface area contributed by atoms with E-state index in [0.29, 0.717) is 12.8 Å². The third-order valence-electron chi connectivity index (χ3n) is 1.92. The molecule has 1 aromatic rings. The summed E-state index contributed by atoms with van der Waals surface area (Å²) in [7, 11) is -2.34. The van der Waals surface area contributed by atoms with Crippen molar-refractivity contribution in [2.45, 2.75) is 13.5 Å². The van der Waals surface area contributed by atoms with Crippen LogP contribution in [0, 0.1) is 0 Å². The minimum absolute atomic E-state index is 0.447. The fourth-order valence-electron chi connectivity index (χ4n) is 0.877. The largest absolute Gasteiger partial charge is 0.324 e. The second-order valence-electron chi connectivity index (χ2n) is 3.09. The van der Waals surface area contributed by atoms with E-state index in [2.05, 4.69) is 0 Å². The maximum absolute atomic E-state index is 11.5. The third kappa shape index (κ3) is 3.75. The Morgan fingerprint density at radius 2 is 1.92 bits per heavy atom. The van der Waals surface area contributed by atoms with Crippen molar-refractivity contribution in [3.8, 4) is 0 Å². The van der Waals surface area contributed by atoms with Crippen LogP contribution in [0.4, 0.5) is 0 Å². The molecule has 1 aromatic carbocycles. The standard InChI is InChI=1S/C10H15O2P/c1-3-13(2,11)12-9-10-7-5-4-6-8-10/h4-8H,3,9H2,1-2H3.